The van der Waals surface area contributed by atoms with E-state index in [1.54, 1.807) is 6.08 Å². The first kappa shape index (κ1) is 67.5. The zero-order valence-corrected chi connectivity index (χ0v) is 47.2. The van der Waals surface area contributed by atoms with Gasteiger partial charge in [0.05, 0.1) is 39.9 Å². The SMILES string of the molecule is CCCCCCC/C=C\C/C=C\CCCCCCCCCCCCCC(=O)NC(COP(=O)(O)OCC[N+](C)(C)C)C(O)/C=C/CC/C=C/CCCCCCCCCCCCCCCCCCCC. The molecule has 406 valence electrons. The van der Waals surface area contributed by atoms with Crippen LogP contribution in [0, 0.1) is 0 Å². The Hall–Kier alpha value is -1.54. The maximum Gasteiger partial charge on any atom is 0.472 e. The molecule has 69 heavy (non-hydrogen) atoms. The maximum atomic E-state index is 13.0. The van der Waals surface area contributed by atoms with E-state index in [1.807, 2.05) is 27.2 Å². The van der Waals surface area contributed by atoms with Crippen molar-refractivity contribution in [2.45, 2.75) is 289 Å². The molecule has 0 bridgehead atoms. The second-order valence-corrected chi connectivity index (χ2v) is 22.8. The van der Waals surface area contributed by atoms with Gasteiger partial charge >= 0.3 is 7.82 Å². The minimum atomic E-state index is -4.36. The average molecular weight is 993 g/mol. The van der Waals surface area contributed by atoms with E-state index < -0.39 is 20.0 Å². The van der Waals surface area contributed by atoms with Crippen LogP contribution in [0.3, 0.4) is 0 Å². The van der Waals surface area contributed by atoms with Crippen molar-refractivity contribution >= 4 is 13.7 Å². The second-order valence-electron chi connectivity index (χ2n) is 21.4. The van der Waals surface area contributed by atoms with E-state index >= 15 is 0 Å². The van der Waals surface area contributed by atoms with Crippen LogP contribution in [0.15, 0.2) is 48.6 Å². The van der Waals surface area contributed by atoms with Crippen LogP contribution >= 0.6 is 7.82 Å². The van der Waals surface area contributed by atoms with Gasteiger partial charge in [-0.3, -0.25) is 13.8 Å². The lowest BCUT2D eigenvalue weighted by atomic mass is 10.0. The molecule has 3 N–H and O–H groups in total. The molecular formula is C60H116N2O6P+. The summed E-state index contributed by atoms with van der Waals surface area (Å²) in [6.45, 7) is 4.81. The lowest BCUT2D eigenvalue weighted by molar-refractivity contribution is -0.870. The average Bonchev–Trinajstić information content (AvgIpc) is 3.31. The molecule has 0 aliphatic heterocycles. The fourth-order valence-corrected chi connectivity index (χ4v) is 9.36. The number of likely N-dealkylation sites (N-methyl/N-ethyl adjacent to an activating group) is 1. The van der Waals surface area contributed by atoms with Gasteiger partial charge in [-0.1, -0.05) is 255 Å². The number of quaternary nitrogens is 1. The number of nitrogens with one attached hydrogen (secondary N) is 1. The Morgan fingerprint density at radius 2 is 0.841 bits per heavy atom. The van der Waals surface area contributed by atoms with Gasteiger partial charge in [-0.25, -0.2) is 4.57 Å². The summed E-state index contributed by atoms with van der Waals surface area (Å²) in [5.41, 5.74) is 0. The van der Waals surface area contributed by atoms with Crippen molar-refractivity contribution in [1.82, 2.24) is 5.32 Å². The molecule has 0 aliphatic carbocycles. The number of phosphoric acid groups is 1. The van der Waals surface area contributed by atoms with Gasteiger partial charge in [0.25, 0.3) is 0 Å². The fraction of sp³-hybridized carbons (Fsp3) is 0.850. The van der Waals surface area contributed by atoms with Crippen LogP contribution in [-0.2, 0) is 18.4 Å². The van der Waals surface area contributed by atoms with E-state index in [0.717, 1.165) is 44.9 Å². The third-order valence-corrected chi connectivity index (χ3v) is 14.3. The summed E-state index contributed by atoms with van der Waals surface area (Å²) < 4.78 is 23.7. The number of nitrogens with zero attached hydrogens (tertiary/aromatic N) is 1. The van der Waals surface area contributed by atoms with Crippen molar-refractivity contribution in [3.05, 3.63) is 48.6 Å². The molecule has 0 aromatic heterocycles. The van der Waals surface area contributed by atoms with Crippen LogP contribution < -0.4 is 5.32 Å². The molecule has 3 atom stereocenters. The van der Waals surface area contributed by atoms with Gasteiger partial charge in [0, 0.05) is 6.42 Å². The zero-order valence-electron chi connectivity index (χ0n) is 46.3. The van der Waals surface area contributed by atoms with Gasteiger partial charge < -0.3 is 19.8 Å². The van der Waals surface area contributed by atoms with E-state index in [0.29, 0.717) is 17.4 Å². The number of carbonyl (C=O) groups excluding carboxylic acids is 1. The highest BCUT2D eigenvalue weighted by molar-refractivity contribution is 7.47. The lowest BCUT2D eigenvalue weighted by Gasteiger charge is -2.25. The monoisotopic (exact) mass is 992 g/mol. The largest absolute Gasteiger partial charge is 0.472 e. The van der Waals surface area contributed by atoms with Gasteiger partial charge in [-0.05, 0) is 64.2 Å². The lowest BCUT2D eigenvalue weighted by Crippen LogP contribution is -2.45. The van der Waals surface area contributed by atoms with Crippen molar-refractivity contribution in [3.63, 3.8) is 0 Å². The van der Waals surface area contributed by atoms with E-state index in [2.05, 4.69) is 55.6 Å². The van der Waals surface area contributed by atoms with Gasteiger partial charge in [0.1, 0.15) is 13.2 Å². The van der Waals surface area contributed by atoms with Crippen LogP contribution in [-0.4, -0.2) is 73.4 Å². The van der Waals surface area contributed by atoms with Crippen molar-refractivity contribution < 1.29 is 32.9 Å². The van der Waals surface area contributed by atoms with Crippen LogP contribution in [0.5, 0.6) is 0 Å². The Labute approximate surface area is 429 Å². The van der Waals surface area contributed by atoms with E-state index in [9.17, 15) is 19.4 Å². The van der Waals surface area contributed by atoms with E-state index in [1.165, 1.54) is 212 Å². The first-order valence-electron chi connectivity index (χ1n) is 29.5. The zero-order chi connectivity index (χ0) is 50.6. The predicted molar refractivity (Wildman–Crippen MR) is 300 cm³/mol. The van der Waals surface area contributed by atoms with Crippen LogP contribution in [0.1, 0.15) is 277 Å². The number of phosphoric ester groups is 1. The van der Waals surface area contributed by atoms with Crippen LogP contribution in [0.4, 0.5) is 0 Å². The molecular weight excluding hydrogens is 876 g/mol. The fourth-order valence-electron chi connectivity index (χ4n) is 8.62. The number of amides is 1. The molecule has 0 radical (unpaired) electrons. The quantitative estimate of drug-likeness (QED) is 0.0243. The molecule has 0 saturated heterocycles. The summed E-state index contributed by atoms with van der Waals surface area (Å²) in [7, 11) is 1.56. The molecule has 0 fully saturated rings. The molecule has 9 heteroatoms. The normalized spacial score (nSPS) is 14.2. The van der Waals surface area contributed by atoms with E-state index in [-0.39, 0.29) is 19.1 Å². The maximum absolute atomic E-state index is 13.0. The van der Waals surface area contributed by atoms with Gasteiger partial charge in [-0.2, -0.15) is 0 Å². The molecule has 0 aliphatic rings. The summed E-state index contributed by atoms with van der Waals surface area (Å²) in [6.07, 6.45) is 67.9. The van der Waals surface area contributed by atoms with Crippen LogP contribution in [0.2, 0.25) is 0 Å². The Bertz CT molecular complexity index is 1260. The number of carbonyl (C=O) groups is 1. The number of hydrogen-bond donors (Lipinski definition) is 3. The van der Waals surface area contributed by atoms with Gasteiger partial charge in [0.15, 0.2) is 0 Å². The summed E-state index contributed by atoms with van der Waals surface area (Å²) in [5.74, 6) is -0.187. The number of hydrogen-bond acceptors (Lipinski definition) is 5. The molecule has 0 heterocycles. The number of rotatable bonds is 54. The van der Waals surface area contributed by atoms with Crippen molar-refractivity contribution in [3.8, 4) is 0 Å². The molecule has 1 amide bonds. The summed E-state index contributed by atoms with van der Waals surface area (Å²) >= 11 is 0. The standard InChI is InChI=1S/C60H115N2O6P/c1-6-8-10-12-14-16-18-20-22-24-26-28-30-32-33-35-37-39-41-43-45-47-49-51-53-59(63)58(57-68-69(65,66)67-56-55-62(3,4)5)61-60(64)54-52-50-48-46-44-42-40-38-36-34-31-29-27-25-23-21-19-17-15-13-11-9-7-2/h19,21,25,27,43,45,51,53,58-59,63H,6-18,20,22-24,26,28-42,44,46-50,52,54-57H2,1-5H3,(H-,61,64,65,66)/p+1/b21-19-,27-25-,45-43+,53-51+. The third-order valence-electron chi connectivity index (χ3n) is 13.3. The Morgan fingerprint density at radius 1 is 0.493 bits per heavy atom. The molecule has 3 unspecified atom stereocenters. The third kappa shape index (κ3) is 54.1. The number of unbranched alkanes of at least 4 members (excludes halogenated alkanes) is 35. The smallest absolute Gasteiger partial charge is 0.387 e. The highest BCUT2D eigenvalue weighted by Gasteiger charge is 2.27. The molecule has 0 rings (SSSR count). The Balaban J connectivity index is 4.25. The predicted octanol–water partition coefficient (Wildman–Crippen LogP) is 17.9. The van der Waals surface area contributed by atoms with Crippen molar-refractivity contribution in [2.75, 3.05) is 40.9 Å². The summed E-state index contributed by atoms with van der Waals surface area (Å²) in [5, 5.41) is 13.9. The summed E-state index contributed by atoms with van der Waals surface area (Å²) in [4.78, 5) is 23.3. The minimum Gasteiger partial charge on any atom is -0.387 e. The molecule has 8 nitrogen and oxygen atoms in total. The Kier molecular flexibility index (Phi) is 50.2. The van der Waals surface area contributed by atoms with Crippen LogP contribution in [0.25, 0.3) is 0 Å². The first-order chi connectivity index (χ1) is 33.5. The van der Waals surface area contributed by atoms with Gasteiger partial charge in [0.2, 0.25) is 5.91 Å². The molecule has 0 aromatic carbocycles. The first-order valence-corrected chi connectivity index (χ1v) is 31.0. The molecule has 0 saturated carbocycles. The second kappa shape index (κ2) is 51.4. The van der Waals surface area contributed by atoms with Crippen molar-refractivity contribution in [2.24, 2.45) is 0 Å². The number of allylic oxidation sites excluding steroid dienone is 7. The minimum absolute atomic E-state index is 0.0554. The topological polar surface area (TPSA) is 105 Å². The Morgan fingerprint density at radius 3 is 1.25 bits per heavy atom. The number of aliphatic hydroxyl groups excluding tert-OH is 1. The summed E-state index contributed by atoms with van der Waals surface area (Å²) in [6, 6.07) is -0.866. The molecule has 0 aromatic rings. The van der Waals surface area contributed by atoms with Crippen molar-refractivity contribution in [1.29, 1.82) is 0 Å². The highest BCUT2D eigenvalue weighted by atomic mass is 31.2. The van der Waals surface area contributed by atoms with E-state index in [4.69, 9.17) is 9.05 Å². The van der Waals surface area contributed by atoms with Gasteiger partial charge in [-0.15, -0.1) is 0 Å². The highest BCUT2D eigenvalue weighted by Crippen LogP contribution is 2.43. The number of aliphatic hydroxyl groups is 1. The molecule has 0 spiro atoms.